The van der Waals surface area contributed by atoms with Gasteiger partial charge in [-0.15, -0.1) is 0 Å². The molecule has 2 aromatic heterocycles. The van der Waals surface area contributed by atoms with Crippen molar-refractivity contribution < 1.29 is 40.7 Å². The minimum Gasteiger partial charge on any atom is -0.460 e. The lowest BCUT2D eigenvalue weighted by molar-refractivity contribution is -0.143. The zero-order chi connectivity index (χ0) is 37.6. The van der Waals surface area contributed by atoms with Gasteiger partial charge in [0.25, 0.3) is 0 Å². The van der Waals surface area contributed by atoms with Gasteiger partial charge in [-0.3, -0.25) is 19.4 Å². The van der Waals surface area contributed by atoms with Gasteiger partial charge in [0, 0.05) is 44.5 Å². The SMILES string of the molecule is O=C(N[C@@H]1CS(=O)(=O)Cc2ccccc21)[C@H](Cc1ccccc1)C[C@H](O)CN1CCN(Cc2ccc(-c3cncnc3)o2)C[C@H]1C(=O)NCC(F)(F)F. The van der Waals surface area contributed by atoms with Crippen LogP contribution in [0.15, 0.2) is 89.9 Å². The van der Waals surface area contributed by atoms with Crippen LogP contribution in [0.5, 0.6) is 0 Å². The molecule has 2 amide bonds. The van der Waals surface area contributed by atoms with Gasteiger partial charge in [0.05, 0.1) is 35.8 Å². The minimum absolute atomic E-state index is 0.0443. The summed E-state index contributed by atoms with van der Waals surface area (Å²) in [6, 6.07) is 18.0. The smallest absolute Gasteiger partial charge is 0.405 e. The number of alkyl halides is 3. The third kappa shape index (κ3) is 10.5. The Hall–Kier alpha value is -4.64. The summed E-state index contributed by atoms with van der Waals surface area (Å²) in [6.45, 7) is -0.580. The molecular formula is C37H41F3N6O6S. The minimum atomic E-state index is -4.61. The molecule has 0 saturated carbocycles. The predicted molar refractivity (Wildman–Crippen MR) is 189 cm³/mol. The molecule has 0 aliphatic carbocycles. The van der Waals surface area contributed by atoms with E-state index in [9.17, 15) is 36.3 Å². The number of β-amino-alcohol motifs (C(OH)–C–C–N with tert-alkyl or cyclic N) is 1. The Kier molecular flexibility index (Phi) is 11.9. The molecule has 3 N–H and O–H groups in total. The van der Waals surface area contributed by atoms with Crippen molar-refractivity contribution in [2.45, 2.75) is 49.5 Å². The lowest BCUT2D eigenvalue weighted by atomic mass is 9.91. The number of carbonyl (C=O) groups excluding carboxylic acids is 2. The number of nitrogens with zero attached hydrogens (tertiary/aromatic N) is 4. The summed E-state index contributed by atoms with van der Waals surface area (Å²) in [5.41, 5.74) is 2.85. The number of carbonyl (C=O) groups is 2. The van der Waals surface area contributed by atoms with Crippen LogP contribution >= 0.6 is 0 Å². The molecule has 12 nitrogen and oxygen atoms in total. The number of rotatable bonds is 13. The molecule has 0 radical (unpaired) electrons. The largest absolute Gasteiger partial charge is 0.460 e. The standard InChI is InChI=1S/C37H41F3N6O6S/c38-37(39,40)23-43-36(49)33-20-45(19-30-10-11-34(52-30)28-16-41-24-42-17-28)12-13-46(33)18-29(47)15-27(14-25-6-2-1-3-7-25)35(48)44-32-22-53(50,51)21-26-8-4-5-9-31(26)32/h1-11,16-17,24,27,29,32-33,47H,12-15,18-23H2,(H,43,49)(H,44,48)/t27-,29+,32-,33+/m1/s1. The first-order valence-electron chi connectivity index (χ1n) is 17.3. The third-order valence-electron chi connectivity index (χ3n) is 9.47. The molecular weight excluding hydrogens is 714 g/mol. The maximum Gasteiger partial charge on any atom is 0.405 e. The second-order valence-electron chi connectivity index (χ2n) is 13.6. The van der Waals surface area contributed by atoms with Crippen LogP contribution < -0.4 is 10.6 Å². The van der Waals surface area contributed by atoms with E-state index in [2.05, 4.69) is 15.3 Å². The number of nitrogens with one attached hydrogen (secondary N) is 2. The van der Waals surface area contributed by atoms with Crippen LogP contribution in [0.3, 0.4) is 0 Å². The fourth-order valence-electron chi connectivity index (χ4n) is 6.97. The van der Waals surface area contributed by atoms with Gasteiger partial charge in [0.2, 0.25) is 11.8 Å². The first-order chi connectivity index (χ1) is 25.3. The molecule has 1 saturated heterocycles. The Labute approximate surface area is 305 Å². The fraction of sp³-hybridized carbons (Fsp3) is 0.405. The Bertz CT molecular complexity index is 1960. The second kappa shape index (κ2) is 16.6. The number of amides is 2. The van der Waals surface area contributed by atoms with E-state index >= 15 is 0 Å². The van der Waals surface area contributed by atoms with E-state index in [4.69, 9.17) is 4.42 Å². The number of aliphatic hydroxyl groups excluding tert-OH is 1. The monoisotopic (exact) mass is 754 g/mol. The lowest BCUT2D eigenvalue weighted by Gasteiger charge is -2.41. The van der Waals surface area contributed by atoms with Gasteiger partial charge in [-0.25, -0.2) is 18.4 Å². The van der Waals surface area contributed by atoms with Gasteiger partial charge < -0.3 is 20.2 Å². The van der Waals surface area contributed by atoms with Crippen molar-refractivity contribution in [3.63, 3.8) is 0 Å². The molecule has 4 heterocycles. The molecule has 2 aromatic carbocycles. The summed E-state index contributed by atoms with van der Waals surface area (Å²) in [5.74, 6) is -1.30. The van der Waals surface area contributed by atoms with Crippen molar-refractivity contribution >= 4 is 21.7 Å². The van der Waals surface area contributed by atoms with E-state index in [1.165, 1.54) is 6.33 Å². The topological polar surface area (TPSA) is 158 Å². The van der Waals surface area contributed by atoms with E-state index in [0.717, 1.165) is 11.1 Å². The summed E-state index contributed by atoms with van der Waals surface area (Å²) in [6.07, 6.45) is -0.955. The Morgan fingerprint density at radius 3 is 2.49 bits per heavy atom. The zero-order valence-corrected chi connectivity index (χ0v) is 29.6. The third-order valence-corrected chi connectivity index (χ3v) is 11.1. The summed E-state index contributed by atoms with van der Waals surface area (Å²) in [4.78, 5) is 38.7. The van der Waals surface area contributed by atoms with E-state index in [1.807, 2.05) is 40.5 Å². The van der Waals surface area contributed by atoms with Gasteiger partial charge in [-0.05, 0) is 41.7 Å². The predicted octanol–water partition coefficient (Wildman–Crippen LogP) is 3.30. The highest BCUT2D eigenvalue weighted by molar-refractivity contribution is 7.90. The number of furan rings is 1. The van der Waals surface area contributed by atoms with Crippen LogP contribution in [0.25, 0.3) is 11.3 Å². The van der Waals surface area contributed by atoms with Crippen molar-refractivity contribution in [2.24, 2.45) is 5.92 Å². The van der Waals surface area contributed by atoms with E-state index < -0.39 is 58.5 Å². The first-order valence-corrected chi connectivity index (χ1v) is 19.1. The zero-order valence-electron chi connectivity index (χ0n) is 28.8. The highest BCUT2D eigenvalue weighted by Crippen LogP contribution is 2.29. The summed E-state index contributed by atoms with van der Waals surface area (Å²) < 4.78 is 70.8. The van der Waals surface area contributed by atoms with Crippen molar-refractivity contribution in [3.8, 4) is 11.3 Å². The van der Waals surface area contributed by atoms with Crippen LogP contribution in [-0.4, -0.2) is 102 Å². The number of sulfone groups is 1. The maximum atomic E-state index is 13.9. The summed E-state index contributed by atoms with van der Waals surface area (Å²) in [7, 11) is -3.48. The van der Waals surface area contributed by atoms with E-state index in [-0.39, 0.29) is 50.5 Å². The van der Waals surface area contributed by atoms with Crippen LogP contribution in [0.1, 0.15) is 34.9 Å². The Morgan fingerprint density at radius 1 is 1.00 bits per heavy atom. The van der Waals surface area contributed by atoms with E-state index in [0.29, 0.717) is 29.2 Å². The van der Waals surface area contributed by atoms with Crippen LogP contribution in [0.2, 0.25) is 0 Å². The van der Waals surface area contributed by atoms with Gasteiger partial charge in [0.1, 0.15) is 30.4 Å². The summed E-state index contributed by atoms with van der Waals surface area (Å²) in [5, 5.41) is 16.4. The highest BCUT2D eigenvalue weighted by atomic mass is 32.2. The van der Waals surface area contributed by atoms with Crippen LogP contribution in [-0.2, 0) is 38.1 Å². The number of hydrogen-bond donors (Lipinski definition) is 3. The molecule has 6 rings (SSSR count). The van der Waals surface area contributed by atoms with Crippen molar-refractivity contribution in [1.82, 2.24) is 30.4 Å². The van der Waals surface area contributed by atoms with Gasteiger partial charge in [0.15, 0.2) is 9.84 Å². The number of halogens is 3. The quantitative estimate of drug-likeness (QED) is 0.185. The molecule has 2 aliphatic heterocycles. The molecule has 2 aliphatic rings. The molecule has 4 atom stereocenters. The Balaban J connectivity index is 1.15. The highest BCUT2D eigenvalue weighted by Gasteiger charge is 2.38. The molecule has 0 spiro atoms. The number of aliphatic hydroxyl groups is 1. The second-order valence-corrected chi connectivity index (χ2v) is 15.7. The van der Waals surface area contributed by atoms with Crippen LogP contribution in [0, 0.1) is 5.92 Å². The molecule has 1 fully saturated rings. The molecule has 0 unspecified atom stereocenters. The number of piperazine rings is 1. The first kappa shape index (κ1) is 38.1. The normalized spacial score (nSPS) is 20.2. The lowest BCUT2D eigenvalue weighted by Crippen LogP contribution is -2.60. The number of benzene rings is 2. The molecule has 16 heteroatoms. The average molecular weight is 755 g/mol. The van der Waals surface area contributed by atoms with Gasteiger partial charge >= 0.3 is 6.18 Å². The van der Waals surface area contributed by atoms with Crippen molar-refractivity contribution in [2.75, 3.05) is 38.5 Å². The summed E-state index contributed by atoms with van der Waals surface area (Å²) >= 11 is 0. The van der Waals surface area contributed by atoms with Gasteiger partial charge in [-0.2, -0.15) is 13.2 Å². The van der Waals surface area contributed by atoms with E-state index in [1.54, 1.807) is 53.7 Å². The molecule has 53 heavy (non-hydrogen) atoms. The molecule has 282 valence electrons. The molecule has 0 bridgehead atoms. The van der Waals surface area contributed by atoms with Gasteiger partial charge in [-0.1, -0.05) is 54.6 Å². The van der Waals surface area contributed by atoms with Crippen molar-refractivity contribution in [1.29, 1.82) is 0 Å². The maximum absolute atomic E-state index is 13.9. The molecule has 4 aromatic rings. The number of fused-ring (bicyclic) bond motifs is 1. The van der Waals surface area contributed by atoms with Crippen LogP contribution in [0.4, 0.5) is 13.2 Å². The van der Waals surface area contributed by atoms with Crippen molar-refractivity contribution in [3.05, 3.63) is 108 Å². The Morgan fingerprint density at radius 2 is 1.74 bits per heavy atom. The fourth-order valence-corrected chi connectivity index (χ4v) is 8.59. The number of hydrogen-bond acceptors (Lipinski definition) is 10. The number of aromatic nitrogens is 2. The average Bonchev–Trinajstić information content (AvgIpc) is 3.59.